The number of nitrogens with zero attached hydrogens (tertiary/aromatic N) is 1. The van der Waals surface area contributed by atoms with Crippen LogP contribution in [0.3, 0.4) is 0 Å². The minimum Gasteiger partial charge on any atom is -0.361 e. The van der Waals surface area contributed by atoms with E-state index in [0.717, 1.165) is 29.3 Å². The SMILES string of the molecule is [CH2]CCc1c[nH]c2ccc(CN(CC)S(C)(=O)=O)cc12. The monoisotopic (exact) mass is 293 g/mol. The first-order chi connectivity index (χ1) is 9.45. The Kier molecular flexibility index (Phi) is 4.50. The van der Waals surface area contributed by atoms with E-state index >= 15 is 0 Å². The Balaban J connectivity index is 2.33. The van der Waals surface area contributed by atoms with Crippen LogP contribution < -0.4 is 0 Å². The van der Waals surface area contributed by atoms with E-state index in [1.54, 1.807) is 0 Å². The molecule has 0 saturated carbocycles. The number of sulfonamides is 1. The molecule has 0 atom stereocenters. The van der Waals surface area contributed by atoms with Crippen LogP contribution >= 0.6 is 0 Å². The minimum atomic E-state index is -3.16. The maximum atomic E-state index is 11.7. The number of H-pyrrole nitrogens is 1. The Labute approximate surface area is 120 Å². The summed E-state index contributed by atoms with van der Waals surface area (Å²) in [4.78, 5) is 3.24. The number of rotatable bonds is 6. The zero-order chi connectivity index (χ0) is 14.8. The molecule has 0 bridgehead atoms. The molecule has 0 spiro atoms. The third kappa shape index (κ3) is 3.22. The number of fused-ring (bicyclic) bond motifs is 1. The summed E-state index contributed by atoms with van der Waals surface area (Å²) in [6.07, 6.45) is 5.03. The summed E-state index contributed by atoms with van der Waals surface area (Å²) >= 11 is 0. The molecular formula is C15H21N2O2S. The summed E-state index contributed by atoms with van der Waals surface area (Å²) in [5.41, 5.74) is 3.33. The standard InChI is InChI=1S/C15H21N2O2S/c1-4-6-13-10-16-15-8-7-12(9-14(13)15)11-17(5-2)20(3,18)19/h7-10,16H,1,4-6,11H2,2-3H3. The Bertz CT molecular complexity index is 689. The minimum absolute atomic E-state index is 0.417. The summed E-state index contributed by atoms with van der Waals surface area (Å²) in [7, 11) is -3.16. The molecule has 109 valence electrons. The Morgan fingerprint density at radius 3 is 2.70 bits per heavy atom. The average Bonchev–Trinajstić information content (AvgIpc) is 2.78. The van der Waals surface area contributed by atoms with Crippen molar-refractivity contribution in [2.75, 3.05) is 12.8 Å². The summed E-state index contributed by atoms with van der Waals surface area (Å²) < 4.78 is 24.8. The van der Waals surface area contributed by atoms with Crippen LogP contribution in [-0.4, -0.2) is 30.5 Å². The van der Waals surface area contributed by atoms with E-state index in [-0.39, 0.29) is 0 Å². The van der Waals surface area contributed by atoms with E-state index in [2.05, 4.69) is 18.0 Å². The first-order valence-corrected chi connectivity index (χ1v) is 8.63. The molecule has 0 fully saturated rings. The molecule has 20 heavy (non-hydrogen) atoms. The number of aromatic amines is 1. The van der Waals surface area contributed by atoms with Crippen LogP contribution in [0.15, 0.2) is 24.4 Å². The van der Waals surface area contributed by atoms with Crippen molar-refractivity contribution in [3.05, 3.63) is 42.4 Å². The summed E-state index contributed by atoms with van der Waals surface area (Å²) in [6.45, 7) is 6.63. The van der Waals surface area contributed by atoms with Crippen LogP contribution in [0, 0.1) is 6.92 Å². The van der Waals surface area contributed by atoms with Gasteiger partial charge in [0.15, 0.2) is 0 Å². The molecule has 2 rings (SSSR count). The van der Waals surface area contributed by atoms with Crippen molar-refractivity contribution in [2.24, 2.45) is 0 Å². The number of benzene rings is 1. The van der Waals surface area contributed by atoms with Gasteiger partial charge in [0.2, 0.25) is 10.0 Å². The number of hydrogen-bond acceptors (Lipinski definition) is 2. The van der Waals surface area contributed by atoms with Crippen molar-refractivity contribution >= 4 is 20.9 Å². The Hall–Kier alpha value is -1.33. The third-order valence-electron chi connectivity index (χ3n) is 3.46. The highest BCUT2D eigenvalue weighted by atomic mass is 32.2. The summed E-state index contributed by atoms with van der Waals surface area (Å²) in [6, 6.07) is 6.05. The van der Waals surface area contributed by atoms with Crippen LogP contribution in [0.5, 0.6) is 0 Å². The van der Waals surface area contributed by atoms with Crippen LogP contribution in [-0.2, 0) is 23.0 Å². The van der Waals surface area contributed by atoms with Crippen molar-refractivity contribution in [1.29, 1.82) is 0 Å². The fourth-order valence-electron chi connectivity index (χ4n) is 2.39. The molecule has 1 aromatic carbocycles. The van der Waals surface area contributed by atoms with Crippen molar-refractivity contribution in [3.63, 3.8) is 0 Å². The molecule has 4 nitrogen and oxygen atoms in total. The number of hydrogen-bond donors (Lipinski definition) is 1. The fraction of sp³-hybridized carbons (Fsp3) is 0.400. The van der Waals surface area contributed by atoms with E-state index < -0.39 is 10.0 Å². The lowest BCUT2D eigenvalue weighted by Gasteiger charge is -2.17. The second-order valence-electron chi connectivity index (χ2n) is 4.99. The van der Waals surface area contributed by atoms with E-state index in [0.29, 0.717) is 13.1 Å². The lowest BCUT2D eigenvalue weighted by Crippen LogP contribution is -2.29. The van der Waals surface area contributed by atoms with Crippen molar-refractivity contribution in [1.82, 2.24) is 9.29 Å². The van der Waals surface area contributed by atoms with Crippen LogP contribution in [0.2, 0.25) is 0 Å². The number of aryl methyl sites for hydroxylation is 1. The highest BCUT2D eigenvalue weighted by Crippen LogP contribution is 2.22. The number of aromatic nitrogens is 1. The van der Waals surface area contributed by atoms with Gasteiger partial charge in [-0.05, 0) is 36.1 Å². The smallest absolute Gasteiger partial charge is 0.211 e. The molecular weight excluding hydrogens is 272 g/mol. The molecule has 0 aliphatic rings. The van der Waals surface area contributed by atoms with Gasteiger partial charge in [0.05, 0.1) is 6.26 Å². The zero-order valence-electron chi connectivity index (χ0n) is 12.0. The third-order valence-corrected chi connectivity index (χ3v) is 4.78. The second kappa shape index (κ2) is 5.97. The van der Waals surface area contributed by atoms with E-state index in [4.69, 9.17) is 0 Å². The molecule has 2 aromatic rings. The van der Waals surface area contributed by atoms with Crippen LogP contribution in [0.1, 0.15) is 24.5 Å². The van der Waals surface area contributed by atoms with Gasteiger partial charge in [-0.25, -0.2) is 8.42 Å². The van der Waals surface area contributed by atoms with E-state index in [9.17, 15) is 8.42 Å². The summed E-state index contributed by atoms with van der Waals surface area (Å²) in [5.74, 6) is 0. The van der Waals surface area contributed by atoms with Gasteiger partial charge < -0.3 is 4.98 Å². The highest BCUT2D eigenvalue weighted by Gasteiger charge is 2.15. The van der Waals surface area contributed by atoms with E-state index in [1.165, 1.54) is 16.1 Å². The Morgan fingerprint density at radius 1 is 1.35 bits per heavy atom. The van der Waals surface area contributed by atoms with Crippen LogP contribution in [0.4, 0.5) is 0 Å². The first kappa shape index (κ1) is 15.1. The zero-order valence-corrected chi connectivity index (χ0v) is 12.8. The fourth-order valence-corrected chi connectivity index (χ4v) is 3.24. The molecule has 1 N–H and O–H groups in total. The molecule has 1 aromatic heterocycles. The van der Waals surface area contributed by atoms with Gasteiger partial charge in [0.1, 0.15) is 0 Å². The lowest BCUT2D eigenvalue weighted by molar-refractivity contribution is 0.428. The van der Waals surface area contributed by atoms with Crippen molar-refractivity contribution < 1.29 is 8.42 Å². The predicted octanol–water partition coefficient (Wildman–Crippen LogP) is 2.72. The number of nitrogens with one attached hydrogen (secondary N) is 1. The molecule has 5 heteroatoms. The van der Waals surface area contributed by atoms with Gasteiger partial charge in [0, 0.05) is 30.2 Å². The molecule has 0 saturated heterocycles. The second-order valence-corrected chi connectivity index (χ2v) is 6.97. The van der Waals surface area contributed by atoms with Gasteiger partial charge in [-0.1, -0.05) is 19.9 Å². The average molecular weight is 293 g/mol. The maximum absolute atomic E-state index is 11.7. The van der Waals surface area contributed by atoms with Gasteiger partial charge in [0.25, 0.3) is 0 Å². The van der Waals surface area contributed by atoms with Gasteiger partial charge in [-0.2, -0.15) is 4.31 Å². The van der Waals surface area contributed by atoms with E-state index in [1.807, 2.05) is 25.3 Å². The lowest BCUT2D eigenvalue weighted by atomic mass is 10.1. The normalized spacial score (nSPS) is 12.4. The quantitative estimate of drug-likeness (QED) is 0.890. The van der Waals surface area contributed by atoms with Gasteiger partial charge >= 0.3 is 0 Å². The molecule has 1 heterocycles. The van der Waals surface area contributed by atoms with Crippen molar-refractivity contribution in [3.8, 4) is 0 Å². The highest BCUT2D eigenvalue weighted by molar-refractivity contribution is 7.88. The predicted molar refractivity (Wildman–Crippen MR) is 82.9 cm³/mol. The maximum Gasteiger partial charge on any atom is 0.211 e. The van der Waals surface area contributed by atoms with Crippen molar-refractivity contribution in [2.45, 2.75) is 26.3 Å². The largest absolute Gasteiger partial charge is 0.361 e. The van der Waals surface area contributed by atoms with Crippen LogP contribution in [0.25, 0.3) is 10.9 Å². The topological polar surface area (TPSA) is 53.2 Å². The molecule has 0 unspecified atom stereocenters. The molecule has 1 radical (unpaired) electrons. The molecule has 0 aliphatic carbocycles. The first-order valence-electron chi connectivity index (χ1n) is 6.79. The summed E-state index contributed by atoms with van der Waals surface area (Å²) in [5, 5.41) is 1.16. The molecule has 0 aliphatic heterocycles. The Morgan fingerprint density at radius 2 is 2.10 bits per heavy atom. The van der Waals surface area contributed by atoms with Gasteiger partial charge in [-0.3, -0.25) is 0 Å². The van der Waals surface area contributed by atoms with Gasteiger partial charge in [-0.15, -0.1) is 0 Å². The molecule has 0 amide bonds.